The van der Waals surface area contributed by atoms with E-state index < -0.39 is 0 Å². The van der Waals surface area contributed by atoms with Crippen molar-refractivity contribution in [3.63, 3.8) is 0 Å². The first-order valence-corrected chi connectivity index (χ1v) is 11.8. The molecule has 158 valence electrons. The number of thiazole rings is 1. The summed E-state index contributed by atoms with van der Waals surface area (Å²) in [4.78, 5) is 16.6. The van der Waals surface area contributed by atoms with Crippen LogP contribution in [-0.2, 0) is 0 Å². The van der Waals surface area contributed by atoms with E-state index in [0.29, 0.717) is 11.6 Å². The van der Waals surface area contributed by atoms with E-state index in [4.69, 9.17) is 4.99 Å². The summed E-state index contributed by atoms with van der Waals surface area (Å²) in [5.41, 5.74) is 2.56. The van der Waals surface area contributed by atoms with Gasteiger partial charge < -0.3 is 4.57 Å². The van der Waals surface area contributed by atoms with Gasteiger partial charge in [-0.25, -0.2) is 4.99 Å². The maximum Gasteiger partial charge on any atom is 0.294 e. The molecule has 1 atom stereocenters. The average molecular weight is 488 g/mol. The number of benzene rings is 2. The van der Waals surface area contributed by atoms with Gasteiger partial charge in [0.05, 0.1) is 10.6 Å². The minimum Gasteiger partial charge on any atom is -0.314 e. The van der Waals surface area contributed by atoms with Gasteiger partial charge in [0.1, 0.15) is 5.69 Å². The second-order valence-electron chi connectivity index (χ2n) is 7.78. The van der Waals surface area contributed by atoms with Crippen LogP contribution in [-0.4, -0.2) is 9.49 Å². The summed E-state index contributed by atoms with van der Waals surface area (Å²) in [5.74, 6) is 0.670. The average Bonchev–Trinajstić information content (AvgIpc) is 3.11. The van der Waals surface area contributed by atoms with Crippen molar-refractivity contribution in [3.8, 4) is 11.3 Å². The third kappa shape index (κ3) is 5.26. The van der Waals surface area contributed by atoms with Crippen molar-refractivity contribution in [1.29, 1.82) is 0 Å². The fraction of sp³-hybridized carbons (Fsp3) is 0.348. The summed E-state index contributed by atoms with van der Waals surface area (Å²) in [5, 5.41) is 13.5. The highest BCUT2D eigenvalue weighted by molar-refractivity contribution is 9.10. The zero-order chi connectivity index (χ0) is 21.7. The number of aromatic nitrogens is 1. The molecule has 0 saturated heterocycles. The van der Waals surface area contributed by atoms with E-state index in [0.717, 1.165) is 33.4 Å². The molecule has 0 aliphatic rings. The summed E-state index contributed by atoms with van der Waals surface area (Å²) in [6.45, 7) is 6.68. The van der Waals surface area contributed by atoms with Crippen molar-refractivity contribution in [2.75, 3.05) is 0 Å². The van der Waals surface area contributed by atoms with Gasteiger partial charge in [0.2, 0.25) is 0 Å². The van der Waals surface area contributed by atoms with Gasteiger partial charge in [-0.2, -0.15) is 0 Å². The van der Waals surface area contributed by atoms with Crippen LogP contribution >= 0.6 is 27.3 Å². The molecule has 1 unspecified atom stereocenters. The zero-order valence-corrected chi connectivity index (χ0v) is 19.8. The van der Waals surface area contributed by atoms with Crippen LogP contribution < -0.4 is 4.80 Å². The lowest BCUT2D eigenvalue weighted by atomic mass is 10.0. The topological polar surface area (TPSA) is 60.4 Å². The predicted molar refractivity (Wildman–Crippen MR) is 127 cm³/mol. The molecule has 0 N–H and O–H groups in total. The highest BCUT2D eigenvalue weighted by Gasteiger charge is 2.17. The molecule has 0 aliphatic heterocycles. The SMILES string of the molecule is CC(C)CCCC(C)n1c(-c2ccccc2Br)csc1=Nc1ccccc1[N+](=O)[O-]. The molecule has 3 rings (SSSR count). The van der Waals surface area contributed by atoms with Crippen molar-refractivity contribution >= 4 is 38.6 Å². The lowest BCUT2D eigenvalue weighted by Gasteiger charge is -2.18. The highest BCUT2D eigenvalue weighted by Crippen LogP contribution is 2.32. The number of para-hydroxylation sites is 2. The minimum atomic E-state index is -0.377. The zero-order valence-electron chi connectivity index (χ0n) is 17.4. The second kappa shape index (κ2) is 10.2. The third-order valence-corrected chi connectivity index (χ3v) is 6.56. The van der Waals surface area contributed by atoms with E-state index in [1.165, 1.54) is 23.8 Å². The van der Waals surface area contributed by atoms with Crippen LogP contribution in [0.3, 0.4) is 0 Å². The molecule has 1 heterocycles. The minimum absolute atomic E-state index is 0.0207. The molecule has 3 aromatic rings. The molecule has 0 aliphatic carbocycles. The van der Waals surface area contributed by atoms with Gasteiger partial charge in [0.25, 0.3) is 5.69 Å². The number of hydrogen-bond donors (Lipinski definition) is 0. The Balaban J connectivity index is 2.12. The molecular weight excluding hydrogens is 462 g/mol. The van der Waals surface area contributed by atoms with Crippen molar-refractivity contribution in [2.45, 2.75) is 46.1 Å². The summed E-state index contributed by atoms with van der Waals surface area (Å²) >= 11 is 5.18. The van der Waals surface area contributed by atoms with Crippen LogP contribution in [0.1, 0.15) is 46.1 Å². The number of rotatable bonds is 8. The van der Waals surface area contributed by atoms with Crippen molar-refractivity contribution in [3.05, 3.63) is 73.3 Å². The predicted octanol–water partition coefficient (Wildman–Crippen LogP) is 7.51. The first-order chi connectivity index (χ1) is 14.4. The van der Waals surface area contributed by atoms with Gasteiger partial charge in [-0.05, 0) is 31.4 Å². The van der Waals surface area contributed by atoms with E-state index in [1.54, 1.807) is 18.2 Å². The standard InChI is InChI=1S/C23H26BrN3O2S/c1-16(2)9-8-10-17(3)26-22(18-11-4-5-12-19(18)24)15-30-23(26)25-20-13-6-7-14-21(20)27(28)29/h4-7,11-17H,8-10H2,1-3H3. The Bertz CT molecular complexity index is 1090. The van der Waals surface area contributed by atoms with E-state index in [-0.39, 0.29) is 16.7 Å². The molecule has 0 bridgehead atoms. The van der Waals surface area contributed by atoms with Crippen molar-refractivity contribution in [2.24, 2.45) is 10.9 Å². The number of nitro benzene ring substituents is 1. The van der Waals surface area contributed by atoms with Crippen molar-refractivity contribution < 1.29 is 4.92 Å². The molecule has 0 amide bonds. The summed E-state index contributed by atoms with van der Waals surface area (Å²) in [6.07, 6.45) is 3.33. The number of nitro groups is 1. The number of halogens is 1. The Hall–Kier alpha value is -2.25. The third-order valence-electron chi connectivity index (χ3n) is 5.03. The van der Waals surface area contributed by atoms with Crippen LogP contribution in [0.2, 0.25) is 0 Å². The molecule has 0 spiro atoms. The molecule has 0 radical (unpaired) electrons. The van der Waals surface area contributed by atoms with Crippen LogP contribution in [0.4, 0.5) is 11.4 Å². The summed E-state index contributed by atoms with van der Waals surface area (Å²) < 4.78 is 3.24. The van der Waals surface area contributed by atoms with Gasteiger partial charge >= 0.3 is 0 Å². The maximum atomic E-state index is 11.4. The molecule has 1 aromatic heterocycles. The largest absolute Gasteiger partial charge is 0.314 e. The second-order valence-corrected chi connectivity index (χ2v) is 9.48. The monoisotopic (exact) mass is 487 g/mol. The quantitative estimate of drug-likeness (QED) is 0.243. The normalized spacial score (nSPS) is 13.0. The Morgan fingerprint density at radius 1 is 1.10 bits per heavy atom. The Morgan fingerprint density at radius 2 is 1.80 bits per heavy atom. The molecule has 2 aromatic carbocycles. The molecular formula is C23H26BrN3O2S. The van der Waals surface area contributed by atoms with Crippen LogP contribution in [0, 0.1) is 16.0 Å². The molecule has 0 fully saturated rings. The fourth-order valence-electron chi connectivity index (χ4n) is 3.46. The van der Waals surface area contributed by atoms with Gasteiger partial charge in [-0.3, -0.25) is 10.1 Å². The van der Waals surface area contributed by atoms with Gasteiger partial charge in [0, 0.05) is 27.5 Å². The molecule has 30 heavy (non-hydrogen) atoms. The van der Waals surface area contributed by atoms with Crippen molar-refractivity contribution in [1.82, 2.24) is 4.57 Å². The van der Waals surface area contributed by atoms with E-state index >= 15 is 0 Å². The summed E-state index contributed by atoms with van der Waals surface area (Å²) in [6, 6.07) is 15.0. The van der Waals surface area contributed by atoms with Gasteiger partial charge in [-0.1, -0.05) is 73.0 Å². The molecule has 0 saturated carbocycles. The summed E-state index contributed by atoms with van der Waals surface area (Å²) in [7, 11) is 0. The number of nitrogens with zero attached hydrogens (tertiary/aromatic N) is 3. The van der Waals surface area contributed by atoms with Crippen LogP contribution in [0.5, 0.6) is 0 Å². The molecule has 7 heteroatoms. The Labute approximate surface area is 189 Å². The number of hydrogen-bond acceptors (Lipinski definition) is 4. The lowest BCUT2D eigenvalue weighted by molar-refractivity contribution is -0.384. The smallest absolute Gasteiger partial charge is 0.294 e. The molecule has 5 nitrogen and oxygen atoms in total. The Kier molecular flexibility index (Phi) is 7.61. The Morgan fingerprint density at radius 3 is 2.50 bits per heavy atom. The first-order valence-electron chi connectivity index (χ1n) is 10.1. The van der Waals surface area contributed by atoms with E-state index in [1.807, 2.05) is 18.2 Å². The van der Waals surface area contributed by atoms with E-state index in [9.17, 15) is 10.1 Å². The lowest BCUT2D eigenvalue weighted by Crippen LogP contribution is -2.20. The van der Waals surface area contributed by atoms with Gasteiger partial charge in [-0.15, -0.1) is 11.3 Å². The highest BCUT2D eigenvalue weighted by atomic mass is 79.9. The van der Waals surface area contributed by atoms with Crippen LogP contribution in [0.25, 0.3) is 11.3 Å². The van der Waals surface area contributed by atoms with E-state index in [2.05, 4.69) is 52.7 Å². The fourth-order valence-corrected chi connectivity index (χ4v) is 4.95. The maximum absolute atomic E-state index is 11.4. The van der Waals surface area contributed by atoms with Crippen LogP contribution in [0.15, 0.2) is 63.4 Å². The first kappa shape index (κ1) is 22.4. The van der Waals surface area contributed by atoms with Gasteiger partial charge in [0.15, 0.2) is 4.80 Å².